The Bertz CT molecular complexity index is 2480. The number of alkyl carbamates (subject to hydrolysis) is 3. The highest BCUT2D eigenvalue weighted by Gasteiger charge is 2.63. The maximum atomic E-state index is 15.0. The molecule has 10 atom stereocenters. The van der Waals surface area contributed by atoms with Crippen molar-refractivity contribution in [3.8, 4) is 0 Å². The lowest BCUT2D eigenvalue weighted by atomic mass is 9.41. The number of hydrogen-bond acceptors (Lipinski definition) is 10. The van der Waals surface area contributed by atoms with E-state index in [1.807, 2.05) is 24.3 Å². The van der Waals surface area contributed by atoms with Crippen molar-refractivity contribution in [1.82, 2.24) is 31.6 Å². The van der Waals surface area contributed by atoms with Crippen molar-refractivity contribution in [2.75, 3.05) is 13.1 Å². The molecule has 6 N–H and O–H groups in total. The van der Waals surface area contributed by atoms with Crippen LogP contribution in [-0.2, 0) is 39.8 Å². The van der Waals surface area contributed by atoms with Crippen LogP contribution in [0, 0.1) is 39.9 Å². The van der Waals surface area contributed by atoms with E-state index >= 15 is 0 Å². The summed E-state index contributed by atoms with van der Waals surface area (Å²) in [6.45, 7) is 28.8. The van der Waals surface area contributed by atoms with Gasteiger partial charge in [0.1, 0.15) is 41.0 Å². The molecular weight excluding hydrogens is 1010 g/mol. The Kier molecular flexibility index (Phi) is 21.4. The van der Waals surface area contributed by atoms with Gasteiger partial charge in [-0.25, -0.2) is 19.2 Å². The van der Waals surface area contributed by atoms with E-state index in [2.05, 4.69) is 72.3 Å². The van der Waals surface area contributed by atoms with E-state index in [1.54, 1.807) is 68.5 Å². The number of para-hydroxylation sites is 1. The van der Waals surface area contributed by atoms with Crippen molar-refractivity contribution in [3.63, 3.8) is 0 Å². The second-order valence-corrected chi connectivity index (χ2v) is 28.1. The molecule has 2 aromatic rings. The second-order valence-electron chi connectivity index (χ2n) is 28.1. The zero-order valence-electron chi connectivity index (χ0n) is 51.3. The molecule has 0 aliphatic heterocycles. The number of unbranched alkanes of at least 4 members (excludes halogenated alkanes) is 2. The number of esters is 1. The van der Waals surface area contributed by atoms with Crippen molar-refractivity contribution in [2.24, 2.45) is 39.9 Å². The van der Waals surface area contributed by atoms with Gasteiger partial charge >= 0.3 is 24.2 Å². The number of allylic oxidation sites excluding steroid dienone is 1. The minimum atomic E-state index is -1.20. The van der Waals surface area contributed by atoms with Crippen LogP contribution in [0.15, 0.2) is 42.1 Å². The van der Waals surface area contributed by atoms with Crippen molar-refractivity contribution >= 4 is 47.0 Å². The largest absolute Gasteiger partial charge is 0.461 e. The Morgan fingerprint density at radius 3 is 1.85 bits per heavy atom. The number of H-pyrrole nitrogens is 1. The number of ether oxygens (including phenoxy) is 4. The van der Waals surface area contributed by atoms with Crippen LogP contribution in [0.1, 0.15) is 212 Å². The smallest absolute Gasteiger partial charge is 0.408 e. The maximum Gasteiger partial charge on any atom is 0.408 e. The summed E-state index contributed by atoms with van der Waals surface area (Å²) in [6.07, 6.45) is 16.7. The van der Waals surface area contributed by atoms with Gasteiger partial charge < -0.3 is 50.5 Å². The number of carbonyl (C=O) groups excluding carboxylic acids is 6. The molecule has 0 saturated heterocycles. The van der Waals surface area contributed by atoms with Crippen LogP contribution in [0.2, 0.25) is 0 Å². The number of fused-ring (bicyclic) bond motifs is 6. The van der Waals surface area contributed by atoms with Gasteiger partial charge in [-0.15, -0.1) is 0 Å². The highest BCUT2D eigenvalue weighted by molar-refractivity contribution is 5.94. The second kappa shape index (κ2) is 26.8. The first-order chi connectivity index (χ1) is 37.4. The molecule has 1 aromatic heterocycles. The van der Waals surface area contributed by atoms with E-state index in [-0.39, 0.29) is 42.7 Å². The third kappa shape index (κ3) is 17.4. The van der Waals surface area contributed by atoms with E-state index in [0.717, 1.165) is 47.6 Å². The molecule has 16 heteroatoms. The first kappa shape index (κ1) is 63.9. The minimum absolute atomic E-state index is 0.0166. The summed E-state index contributed by atoms with van der Waals surface area (Å²) in [7, 11) is 0. The summed E-state index contributed by atoms with van der Waals surface area (Å²) in [5.74, 6) is 1.03. The zero-order valence-corrected chi connectivity index (χ0v) is 51.3. The third-order valence-corrected chi connectivity index (χ3v) is 18.0. The summed E-state index contributed by atoms with van der Waals surface area (Å²) in [5.41, 5.74) is 1.43. The Labute approximate surface area is 478 Å². The fourth-order valence-electron chi connectivity index (χ4n) is 14.2. The fraction of sp³-hybridized carbons (Fsp3) is 0.750. The van der Waals surface area contributed by atoms with Gasteiger partial charge in [0, 0.05) is 43.0 Å². The summed E-state index contributed by atoms with van der Waals surface area (Å²) in [4.78, 5) is 85.6. The molecule has 5 amide bonds. The Morgan fingerprint density at radius 2 is 1.23 bits per heavy atom. The summed E-state index contributed by atoms with van der Waals surface area (Å²) < 4.78 is 22.9. The zero-order chi connectivity index (χ0) is 58.8. The molecule has 1 heterocycles. The monoisotopic (exact) mass is 1110 g/mol. The van der Waals surface area contributed by atoms with Gasteiger partial charge in [-0.2, -0.15) is 0 Å². The highest BCUT2D eigenvalue weighted by Crippen LogP contribution is 2.71. The lowest BCUT2D eigenvalue weighted by Crippen LogP contribution is -2.57. The minimum Gasteiger partial charge on any atom is -0.461 e. The number of benzene rings is 1. The normalized spacial score (nSPS) is 25.8. The number of rotatable bonds is 23. The molecule has 3 saturated carbocycles. The first-order valence-electron chi connectivity index (χ1n) is 30.4. The first-order valence-corrected chi connectivity index (χ1v) is 30.4. The quantitative estimate of drug-likeness (QED) is 0.0268. The molecule has 0 radical (unpaired) electrons. The van der Waals surface area contributed by atoms with Crippen molar-refractivity contribution in [3.05, 3.63) is 47.7 Å². The Morgan fingerprint density at radius 1 is 0.637 bits per heavy atom. The summed E-state index contributed by atoms with van der Waals surface area (Å²) in [6, 6.07) is 4.26. The number of hydrogen-bond donors (Lipinski definition) is 6. The van der Waals surface area contributed by atoms with Crippen molar-refractivity contribution in [1.29, 1.82) is 0 Å². The number of aromatic amines is 1. The molecule has 4 aliphatic rings. The number of nitrogens with one attached hydrogen (secondary N) is 6. The summed E-state index contributed by atoms with van der Waals surface area (Å²) >= 11 is 0. The van der Waals surface area contributed by atoms with Crippen LogP contribution in [-0.4, -0.2) is 95.2 Å². The van der Waals surface area contributed by atoms with E-state index in [1.165, 1.54) is 50.5 Å². The van der Waals surface area contributed by atoms with E-state index in [4.69, 9.17) is 18.9 Å². The highest BCUT2D eigenvalue weighted by atomic mass is 16.6. The lowest BCUT2D eigenvalue weighted by molar-refractivity contribution is -0.157. The number of amides is 5. The van der Waals surface area contributed by atoms with Crippen LogP contribution in [0.25, 0.3) is 10.9 Å². The fourth-order valence-corrected chi connectivity index (χ4v) is 14.2. The average molecular weight is 1120 g/mol. The van der Waals surface area contributed by atoms with Crippen LogP contribution >= 0.6 is 0 Å². The SMILES string of the molecule is CC(C)CCCC1CC[C@H]2[C@]3(C)CC=C4CC(OC(=O)C(CCCCNC(=O)OC(C)(C)C)NC(=O)C(Cc5c[nH]c6ccccc56)NC(=O)C(CCCCNC(=O)OC(C)(C)C)NC(=O)OC(C)(C)C)CC[C@]4(C)[C@H]3CC[C@]12C. The van der Waals surface area contributed by atoms with Crippen LogP contribution in [0.3, 0.4) is 0 Å². The predicted octanol–water partition coefficient (Wildman–Crippen LogP) is 12.7. The Hall–Kier alpha value is -5.28. The van der Waals surface area contributed by atoms with Gasteiger partial charge in [0.05, 0.1) is 0 Å². The van der Waals surface area contributed by atoms with Gasteiger partial charge in [0.2, 0.25) is 11.8 Å². The average Bonchev–Trinajstić information content (AvgIpc) is 4.08. The van der Waals surface area contributed by atoms with Crippen molar-refractivity contribution in [2.45, 2.75) is 254 Å². The summed E-state index contributed by atoms with van der Waals surface area (Å²) in [5, 5.41) is 15.1. The molecule has 6 rings (SSSR count). The number of carbonyl (C=O) groups is 6. The van der Waals surface area contributed by atoms with Gasteiger partial charge in [0.15, 0.2) is 0 Å². The molecule has 1 aromatic carbocycles. The molecule has 5 unspecified atom stereocenters. The van der Waals surface area contributed by atoms with E-state index in [0.29, 0.717) is 55.9 Å². The standard InChI is InChI=1S/C64H102N6O10/c1-41(2)22-21-23-43-28-29-51-62(43,12)35-32-52-63(13)34-31-45(39-44(63)30-33-64(51,52)14)77-55(73)49(27-18-20-37-66-57(75)79-60(6,7)8)68-54(72)50(38-42-40-67-47-25-16-15-24-46(42)47)69-53(71)48(70-58(76)80-61(9,10)11)26-17-19-36-65-56(74)78-59(3,4)5/h15-16,24-25,30,40-41,43,45,48-52,67H,17-23,26-29,31-39H2,1-14H3,(H,65,74)(H,66,75)(H,68,72)(H,69,71)(H,70,76)/t43?,45?,48?,49?,50?,51-,52-,62-,63+,64+/m1/s1. The molecular formula is C64H102N6O10. The molecule has 0 spiro atoms. The molecule has 80 heavy (non-hydrogen) atoms. The maximum absolute atomic E-state index is 15.0. The Balaban J connectivity index is 1.20. The van der Waals surface area contributed by atoms with E-state index < -0.39 is 71.0 Å². The molecule has 0 bridgehead atoms. The lowest BCUT2D eigenvalue weighted by Gasteiger charge is -2.63. The van der Waals surface area contributed by atoms with Gasteiger partial charge in [-0.1, -0.05) is 77.3 Å². The van der Waals surface area contributed by atoms with Crippen LogP contribution in [0.4, 0.5) is 14.4 Å². The third-order valence-electron chi connectivity index (χ3n) is 18.0. The van der Waals surface area contributed by atoms with Gasteiger partial charge in [0.25, 0.3) is 0 Å². The topological polar surface area (TPSA) is 215 Å². The van der Waals surface area contributed by atoms with Gasteiger partial charge in [-0.3, -0.25) is 9.59 Å². The van der Waals surface area contributed by atoms with Crippen LogP contribution < -0.4 is 26.6 Å². The van der Waals surface area contributed by atoms with Crippen LogP contribution in [0.5, 0.6) is 0 Å². The molecule has 4 aliphatic carbocycles. The van der Waals surface area contributed by atoms with Crippen molar-refractivity contribution < 1.29 is 47.7 Å². The van der Waals surface area contributed by atoms with Gasteiger partial charge in [-0.05, 0) is 204 Å². The van der Waals surface area contributed by atoms with E-state index in [9.17, 15) is 28.8 Å². The molecule has 16 nitrogen and oxygen atoms in total. The number of aromatic nitrogens is 1. The molecule has 3 fully saturated rings. The predicted molar refractivity (Wildman–Crippen MR) is 314 cm³/mol. The molecule has 448 valence electrons.